The maximum atomic E-state index is 13.8. The molecule has 0 radical (unpaired) electrons. The van der Waals surface area contributed by atoms with Crippen molar-refractivity contribution in [1.82, 2.24) is 10.2 Å². The Hall–Kier alpha value is -3.31. The first kappa shape index (κ1) is 30.2. The van der Waals surface area contributed by atoms with Gasteiger partial charge in [-0.15, -0.1) is 0 Å². The summed E-state index contributed by atoms with van der Waals surface area (Å²) in [7, 11) is 0. The van der Waals surface area contributed by atoms with Crippen LogP contribution in [0.3, 0.4) is 0 Å². The summed E-state index contributed by atoms with van der Waals surface area (Å²) in [6.45, 7) is 6.33. The second-order valence-electron chi connectivity index (χ2n) is 10.6. The first-order chi connectivity index (χ1) is 17.8. The quantitative estimate of drug-likeness (QED) is 0.416. The highest BCUT2D eigenvalue weighted by Crippen LogP contribution is 2.37. The summed E-state index contributed by atoms with van der Waals surface area (Å²) in [6, 6.07) is 5.12. The number of hydrogen-bond acceptors (Lipinski definition) is 3. The molecule has 0 bridgehead atoms. The van der Waals surface area contributed by atoms with Crippen molar-refractivity contribution in [2.45, 2.75) is 64.5 Å². The lowest BCUT2D eigenvalue weighted by Crippen LogP contribution is -2.48. The molecule has 2 aromatic carbocycles. The first-order valence-corrected chi connectivity index (χ1v) is 12.1. The maximum absolute atomic E-state index is 13.8. The zero-order valence-electron chi connectivity index (χ0n) is 21.8. The molecule has 39 heavy (non-hydrogen) atoms. The van der Waals surface area contributed by atoms with Crippen LogP contribution >= 0.6 is 0 Å². The van der Waals surface area contributed by atoms with Gasteiger partial charge in [0.15, 0.2) is 0 Å². The number of benzene rings is 2. The highest BCUT2D eigenvalue weighted by atomic mass is 19.4. The molecule has 3 rings (SSSR count). The van der Waals surface area contributed by atoms with Gasteiger partial charge in [-0.25, -0.2) is 9.18 Å². The smallest absolute Gasteiger partial charge is 0.416 e. The third kappa shape index (κ3) is 7.86. The normalized spacial score (nSPS) is 18.6. The SMILES string of the molecule is Cc1cc(F)ccc1[C@@H]1CN(C(=O)OC(C)(C)C)CC[C@H]1C(=O)NCc1cc(C(F)(F)F)cc(C(F)(F)F)c1. The van der Waals surface area contributed by atoms with Crippen LogP contribution in [0, 0.1) is 18.7 Å². The van der Waals surface area contributed by atoms with Crippen molar-refractivity contribution in [1.29, 1.82) is 0 Å². The molecule has 2 atom stereocenters. The Morgan fingerprint density at radius 1 is 0.974 bits per heavy atom. The van der Waals surface area contributed by atoms with E-state index in [1.54, 1.807) is 27.7 Å². The van der Waals surface area contributed by atoms with Gasteiger partial charge in [0.2, 0.25) is 5.91 Å². The Bertz CT molecular complexity index is 1190. The third-order valence-corrected chi connectivity index (χ3v) is 6.35. The Morgan fingerprint density at radius 2 is 1.56 bits per heavy atom. The number of aryl methyl sites for hydroxylation is 1. The highest BCUT2D eigenvalue weighted by molar-refractivity contribution is 5.80. The van der Waals surface area contributed by atoms with Crippen LogP contribution in [0.25, 0.3) is 0 Å². The van der Waals surface area contributed by atoms with E-state index in [4.69, 9.17) is 4.74 Å². The summed E-state index contributed by atoms with van der Waals surface area (Å²) in [4.78, 5) is 27.4. The Balaban J connectivity index is 1.86. The Labute approximate surface area is 221 Å². The Morgan fingerprint density at radius 3 is 2.08 bits per heavy atom. The highest BCUT2D eigenvalue weighted by Gasteiger charge is 2.39. The molecule has 214 valence electrons. The van der Waals surface area contributed by atoms with E-state index in [1.807, 2.05) is 0 Å². The average molecular weight is 563 g/mol. The number of piperidine rings is 1. The van der Waals surface area contributed by atoms with Crippen LogP contribution in [0.5, 0.6) is 0 Å². The minimum atomic E-state index is -5.01. The summed E-state index contributed by atoms with van der Waals surface area (Å²) >= 11 is 0. The number of carbonyl (C=O) groups excluding carboxylic acids is 2. The number of alkyl halides is 6. The lowest BCUT2D eigenvalue weighted by molar-refractivity contribution is -0.143. The number of carbonyl (C=O) groups is 2. The lowest BCUT2D eigenvalue weighted by atomic mass is 9.78. The molecule has 2 aromatic rings. The van der Waals surface area contributed by atoms with Gasteiger partial charge in [-0.3, -0.25) is 4.79 Å². The predicted molar refractivity (Wildman–Crippen MR) is 128 cm³/mol. The average Bonchev–Trinajstić information content (AvgIpc) is 2.80. The number of nitrogens with zero attached hydrogens (tertiary/aromatic N) is 1. The Kier molecular flexibility index (Phi) is 8.57. The molecule has 1 saturated heterocycles. The zero-order chi connectivity index (χ0) is 29.3. The standard InChI is InChI=1S/C27H29F7N2O3/c1-15-9-19(28)5-6-20(15)22-14-36(24(38)39-25(2,3)4)8-7-21(22)23(37)35-13-16-10-17(26(29,30)31)12-18(11-16)27(32,33)34/h5-6,9-12,21-22H,7-8,13-14H2,1-4H3,(H,35,37)/t21-,22+/m1/s1. The molecule has 0 saturated carbocycles. The number of halogens is 7. The molecular weight excluding hydrogens is 533 g/mol. The van der Waals surface area contributed by atoms with Gasteiger partial charge < -0.3 is 15.0 Å². The summed E-state index contributed by atoms with van der Waals surface area (Å²) < 4.78 is 98.5. The molecule has 0 aromatic heterocycles. The number of rotatable bonds is 4. The van der Waals surface area contributed by atoms with Crippen LogP contribution in [0.15, 0.2) is 36.4 Å². The van der Waals surface area contributed by atoms with Crippen molar-refractivity contribution < 1.29 is 45.1 Å². The molecule has 1 fully saturated rings. The third-order valence-electron chi connectivity index (χ3n) is 6.35. The van der Waals surface area contributed by atoms with Crippen molar-refractivity contribution in [2.24, 2.45) is 5.92 Å². The minimum Gasteiger partial charge on any atom is -0.444 e. The van der Waals surface area contributed by atoms with E-state index in [0.717, 1.165) is 0 Å². The van der Waals surface area contributed by atoms with Crippen molar-refractivity contribution in [3.8, 4) is 0 Å². The largest absolute Gasteiger partial charge is 0.444 e. The van der Waals surface area contributed by atoms with Crippen LogP contribution < -0.4 is 5.32 Å². The summed E-state index contributed by atoms with van der Waals surface area (Å²) in [6.07, 6.45) is -10.5. The fraction of sp³-hybridized carbons (Fsp3) is 0.481. The van der Waals surface area contributed by atoms with Crippen LogP contribution in [-0.4, -0.2) is 35.6 Å². The van der Waals surface area contributed by atoms with Crippen LogP contribution in [0.2, 0.25) is 0 Å². The van der Waals surface area contributed by atoms with Gasteiger partial charge >= 0.3 is 18.4 Å². The van der Waals surface area contributed by atoms with Gasteiger partial charge in [0, 0.05) is 31.5 Å². The summed E-state index contributed by atoms with van der Waals surface area (Å²) in [5.74, 6) is -2.53. The van der Waals surface area contributed by atoms with E-state index in [1.165, 1.54) is 23.1 Å². The molecule has 0 spiro atoms. The van der Waals surface area contributed by atoms with E-state index >= 15 is 0 Å². The van der Waals surface area contributed by atoms with Crippen LogP contribution in [0.1, 0.15) is 60.9 Å². The lowest BCUT2D eigenvalue weighted by Gasteiger charge is -2.39. The number of likely N-dealkylation sites (tertiary alicyclic amines) is 1. The monoisotopic (exact) mass is 562 g/mol. The molecule has 1 heterocycles. The number of hydrogen-bond donors (Lipinski definition) is 1. The molecule has 5 nitrogen and oxygen atoms in total. The topological polar surface area (TPSA) is 58.6 Å². The molecule has 1 aliphatic rings. The number of nitrogens with one attached hydrogen (secondary N) is 1. The molecule has 0 aliphatic carbocycles. The fourth-order valence-electron chi connectivity index (χ4n) is 4.57. The molecular formula is C27H29F7N2O3. The van der Waals surface area contributed by atoms with Crippen LogP contribution in [0.4, 0.5) is 35.5 Å². The zero-order valence-corrected chi connectivity index (χ0v) is 21.8. The maximum Gasteiger partial charge on any atom is 0.416 e. The second kappa shape index (κ2) is 11.1. The van der Waals surface area contributed by atoms with E-state index in [-0.39, 0.29) is 31.1 Å². The molecule has 1 aliphatic heterocycles. The van der Waals surface area contributed by atoms with Gasteiger partial charge in [-0.1, -0.05) is 6.07 Å². The summed E-state index contributed by atoms with van der Waals surface area (Å²) in [5.41, 5.74) is -2.99. The fourth-order valence-corrected chi connectivity index (χ4v) is 4.57. The molecule has 1 N–H and O–H groups in total. The van der Waals surface area contributed by atoms with Gasteiger partial charge in [0.1, 0.15) is 11.4 Å². The van der Waals surface area contributed by atoms with E-state index in [9.17, 15) is 40.3 Å². The van der Waals surface area contributed by atoms with E-state index in [0.29, 0.717) is 23.3 Å². The molecule has 2 amide bonds. The van der Waals surface area contributed by atoms with Gasteiger partial charge in [-0.05, 0) is 81.1 Å². The summed E-state index contributed by atoms with van der Waals surface area (Å²) in [5, 5.41) is 2.46. The van der Waals surface area contributed by atoms with Gasteiger partial charge in [0.25, 0.3) is 0 Å². The minimum absolute atomic E-state index is 0.0189. The number of amides is 2. The van der Waals surface area contributed by atoms with Crippen molar-refractivity contribution in [3.63, 3.8) is 0 Å². The van der Waals surface area contributed by atoms with Crippen molar-refractivity contribution in [2.75, 3.05) is 13.1 Å². The van der Waals surface area contributed by atoms with Crippen LogP contribution in [-0.2, 0) is 28.4 Å². The predicted octanol–water partition coefficient (Wildman–Crippen LogP) is 6.83. The number of ether oxygens (including phenoxy) is 1. The molecule has 0 unspecified atom stereocenters. The first-order valence-electron chi connectivity index (χ1n) is 12.1. The van der Waals surface area contributed by atoms with Gasteiger partial charge in [-0.2, -0.15) is 26.3 Å². The van der Waals surface area contributed by atoms with E-state index < -0.39 is 65.3 Å². The van der Waals surface area contributed by atoms with Crippen molar-refractivity contribution >= 4 is 12.0 Å². The van der Waals surface area contributed by atoms with E-state index in [2.05, 4.69) is 5.32 Å². The van der Waals surface area contributed by atoms with Crippen molar-refractivity contribution in [3.05, 3.63) is 70.0 Å². The van der Waals surface area contributed by atoms with Gasteiger partial charge in [0.05, 0.1) is 11.1 Å². The second-order valence-corrected chi connectivity index (χ2v) is 10.6. The molecule has 12 heteroatoms.